The lowest BCUT2D eigenvalue weighted by atomic mass is 10.1. The molecule has 0 aliphatic carbocycles. The second kappa shape index (κ2) is 28.0. The molecule has 0 aromatic heterocycles. The molecule has 0 heterocycles. The van der Waals surface area contributed by atoms with Gasteiger partial charge in [0.2, 0.25) is 0 Å². The highest BCUT2D eigenvalue weighted by Crippen LogP contribution is 2.51. The van der Waals surface area contributed by atoms with E-state index in [1.807, 2.05) is 28.1 Å². The molecule has 0 rings (SSSR count). The Kier molecular flexibility index (Phi) is 27.7. The van der Waals surface area contributed by atoms with E-state index in [0.717, 1.165) is 25.7 Å². The highest BCUT2D eigenvalue weighted by atomic mass is 31.2. The van der Waals surface area contributed by atoms with Crippen molar-refractivity contribution in [1.29, 1.82) is 0 Å². The third-order valence-corrected chi connectivity index (χ3v) is 10.1. The van der Waals surface area contributed by atoms with Crippen LogP contribution in [-0.2, 0) is 18.6 Å². The minimum absolute atomic E-state index is 0.0622. The van der Waals surface area contributed by atoms with E-state index in [4.69, 9.17) is 14.0 Å². The number of hydrogen-bond donors (Lipinski definition) is 1. The molecule has 0 bridgehead atoms. The lowest BCUT2D eigenvalue weighted by molar-refractivity contribution is -0.883. The molecule has 7 heteroatoms. The molecule has 0 saturated carbocycles. The fourth-order valence-corrected chi connectivity index (χ4v) is 7.15. The summed E-state index contributed by atoms with van der Waals surface area (Å²) in [7, 11) is 3.62. The van der Waals surface area contributed by atoms with Crippen LogP contribution in [0, 0.1) is 0 Å². The topological polar surface area (TPSA) is 65.0 Å². The van der Waals surface area contributed by atoms with E-state index in [9.17, 15) is 9.46 Å². The summed E-state index contributed by atoms with van der Waals surface area (Å²) in [5.41, 5.74) is 0. The van der Waals surface area contributed by atoms with Gasteiger partial charge in [-0.3, -0.25) is 4.57 Å². The molecule has 0 radical (unpaired) electrons. The van der Waals surface area contributed by atoms with Crippen molar-refractivity contribution in [2.24, 2.45) is 0 Å². The summed E-state index contributed by atoms with van der Waals surface area (Å²) in [4.78, 5) is 10.6. The zero-order valence-electron chi connectivity index (χ0n) is 28.7. The molecule has 42 heavy (non-hydrogen) atoms. The van der Waals surface area contributed by atoms with Gasteiger partial charge in [-0.1, -0.05) is 95.9 Å². The molecule has 2 unspecified atom stereocenters. The summed E-state index contributed by atoms with van der Waals surface area (Å²) >= 11 is 0. The molecule has 0 fully saturated rings. The monoisotopic (exact) mass is 617 g/mol. The number of unbranched alkanes of at least 4 members (excludes halogenated alkanes) is 15. The van der Waals surface area contributed by atoms with E-state index in [1.165, 1.54) is 96.3 Å². The summed E-state index contributed by atoms with van der Waals surface area (Å²) in [6.07, 6.45) is 33.9. The van der Waals surface area contributed by atoms with Crippen LogP contribution in [0.4, 0.5) is 0 Å². The second-order valence-electron chi connectivity index (χ2n) is 12.9. The quantitative estimate of drug-likeness (QED) is 0.0363. The van der Waals surface area contributed by atoms with E-state index in [2.05, 4.69) is 31.2 Å². The highest BCUT2D eigenvalue weighted by molar-refractivity contribution is 7.53. The van der Waals surface area contributed by atoms with Crippen molar-refractivity contribution < 1.29 is 27.9 Å². The summed E-state index contributed by atoms with van der Waals surface area (Å²) < 4.78 is 30.0. The molecule has 6 nitrogen and oxygen atoms in total. The van der Waals surface area contributed by atoms with Gasteiger partial charge in [-0.15, -0.1) is 0 Å². The first-order valence-corrected chi connectivity index (χ1v) is 19.0. The third-order valence-electron chi connectivity index (χ3n) is 7.86. The normalized spacial score (nSPS) is 15.5. The minimum atomic E-state index is -3.76. The predicted molar refractivity (Wildman–Crippen MR) is 181 cm³/mol. The summed E-state index contributed by atoms with van der Waals surface area (Å²) in [6.45, 7) is 5.39. The number of rotatable bonds is 31. The Bertz CT molecular complexity index is 691. The molecule has 0 aromatic carbocycles. The smallest absolute Gasteiger partial charge is 0.379 e. The Balaban J connectivity index is 3.63. The van der Waals surface area contributed by atoms with Crippen molar-refractivity contribution in [1.82, 2.24) is 0 Å². The number of hydrogen-bond acceptors (Lipinski definition) is 4. The van der Waals surface area contributed by atoms with Gasteiger partial charge in [0.25, 0.3) is 0 Å². The van der Waals surface area contributed by atoms with Crippen molar-refractivity contribution in [3.63, 3.8) is 0 Å². The molecule has 0 amide bonds. The molecule has 0 aromatic rings. The first-order valence-electron chi connectivity index (χ1n) is 17.4. The molecular formula is C35H71NO5P+. The van der Waals surface area contributed by atoms with Crippen molar-refractivity contribution >= 4 is 7.60 Å². The molecule has 0 spiro atoms. The van der Waals surface area contributed by atoms with Crippen LogP contribution in [0.2, 0.25) is 0 Å². The van der Waals surface area contributed by atoms with Crippen molar-refractivity contribution in [3.05, 3.63) is 24.3 Å². The van der Waals surface area contributed by atoms with Gasteiger partial charge < -0.3 is 23.4 Å². The van der Waals surface area contributed by atoms with E-state index in [-0.39, 0.29) is 12.7 Å². The first kappa shape index (κ1) is 41.5. The van der Waals surface area contributed by atoms with E-state index < -0.39 is 13.4 Å². The minimum Gasteiger partial charge on any atom is -0.379 e. The molecule has 1 N–H and O–H groups in total. The van der Waals surface area contributed by atoms with Gasteiger partial charge in [0.05, 0.1) is 34.4 Å². The number of ether oxygens (including phenoxy) is 2. The zero-order valence-corrected chi connectivity index (χ0v) is 29.6. The molecule has 250 valence electrons. The maximum atomic E-state index is 12.9. The highest BCUT2D eigenvalue weighted by Gasteiger charge is 2.42. The average molecular weight is 617 g/mol. The average Bonchev–Trinajstić information content (AvgIpc) is 2.94. The van der Waals surface area contributed by atoms with Crippen LogP contribution < -0.4 is 0 Å². The zero-order chi connectivity index (χ0) is 31.4. The summed E-state index contributed by atoms with van der Waals surface area (Å²) in [5, 5.41) is 0. The van der Waals surface area contributed by atoms with Crippen LogP contribution in [-0.4, -0.2) is 69.3 Å². The van der Waals surface area contributed by atoms with Gasteiger partial charge >= 0.3 is 7.60 Å². The van der Waals surface area contributed by atoms with Gasteiger partial charge in [0, 0.05) is 20.1 Å². The maximum absolute atomic E-state index is 12.9. The molecule has 0 aliphatic heterocycles. The van der Waals surface area contributed by atoms with Crippen molar-refractivity contribution in [2.45, 2.75) is 154 Å². The predicted octanol–water partition coefficient (Wildman–Crippen LogP) is 10.2. The maximum Gasteiger partial charge on any atom is 0.385 e. The van der Waals surface area contributed by atoms with Gasteiger partial charge in [0.1, 0.15) is 6.10 Å². The van der Waals surface area contributed by atoms with Crippen LogP contribution >= 0.6 is 7.60 Å². The van der Waals surface area contributed by atoms with Crippen LogP contribution in [0.15, 0.2) is 24.3 Å². The number of quaternary nitrogens is 1. The van der Waals surface area contributed by atoms with Gasteiger partial charge in [-0.05, 0) is 64.2 Å². The Morgan fingerprint density at radius 2 is 1.12 bits per heavy atom. The van der Waals surface area contributed by atoms with Crippen molar-refractivity contribution in [3.8, 4) is 0 Å². The summed E-state index contributed by atoms with van der Waals surface area (Å²) in [6, 6.07) is 0. The van der Waals surface area contributed by atoms with E-state index in [0.29, 0.717) is 24.1 Å². The number of methoxy groups -OCH3 is 1. The number of allylic oxidation sites excluding steroid dienone is 4. The first-order chi connectivity index (χ1) is 20.2. The molecule has 0 saturated heterocycles. The van der Waals surface area contributed by atoms with Crippen LogP contribution in [0.3, 0.4) is 0 Å². The van der Waals surface area contributed by atoms with E-state index >= 15 is 0 Å². The molecule has 3 atom stereocenters. The fraction of sp³-hybridized carbons (Fsp3) is 0.886. The van der Waals surface area contributed by atoms with Gasteiger partial charge in [-0.2, -0.15) is 0 Å². The van der Waals surface area contributed by atoms with Crippen molar-refractivity contribution in [2.75, 3.05) is 48.1 Å². The largest absolute Gasteiger partial charge is 0.385 e. The van der Waals surface area contributed by atoms with Crippen LogP contribution in [0.5, 0.6) is 0 Å². The van der Waals surface area contributed by atoms with Crippen LogP contribution in [0.25, 0.3) is 0 Å². The van der Waals surface area contributed by atoms with Crippen LogP contribution in [0.1, 0.15) is 142 Å². The SMILES string of the molecule is CCCCC/C=C\CCCCCCCCCC/C=C\CCCCCOC[C@H](COP(=O)(O)C(CCC)[N+](C)(C)C)OC. The lowest BCUT2D eigenvalue weighted by Gasteiger charge is -2.36. The van der Waals surface area contributed by atoms with Gasteiger partial charge in [-0.25, -0.2) is 0 Å². The Labute approximate surface area is 261 Å². The summed E-state index contributed by atoms with van der Waals surface area (Å²) in [5.74, 6) is -0.447. The molecule has 0 aliphatic rings. The van der Waals surface area contributed by atoms with Gasteiger partial charge in [0.15, 0.2) is 5.78 Å². The second-order valence-corrected chi connectivity index (χ2v) is 14.9. The Hall–Kier alpha value is -0.490. The fourth-order valence-electron chi connectivity index (χ4n) is 5.13. The standard InChI is InChI=1S/C35H70NO5P/c1-7-9-10-11-12-13-14-15-16-17-18-19-20-21-22-23-24-25-26-27-28-29-31-40-32-34(39-6)33-41-42(37,38)35(30-8-2)36(3,4)5/h12-13,24-25,34-35H,7-11,14-23,26-33H2,1-6H3/p+1/b13-12-,25-24-/t34-,35?/m1/s1. The lowest BCUT2D eigenvalue weighted by Crippen LogP contribution is -2.45. The number of nitrogens with zero attached hydrogens (tertiary/aromatic N) is 1. The Morgan fingerprint density at radius 1 is 0.667 bits per heavy atom. The Morgan fingerprint density at radius 3 is 1.55 bits per heavy atom. The van der Waals surface area contributed by atoms with E-state index in [1.54, 1.807) is 7.11 Å². The molecular weight excluding hydrogens is 545 g/mol. The third kappa shape index (κ3) is 24.9.